The number of carbonyl (C=O) groups is 2. The van der Waals surface area contributed by atoms with Crippen molar-refractivity contribution in [3.63, 3.8) is 0 Å². The summed E-state index contributed by atoms with van der Waals surface area (Å²) in [5, 5.41) is 13.2. The zero-order valence-corrected chi connectivity index (χ0v) is 12.8. The number of amides is 1. The highest BCUT2D eigenvalue weighted by Crippen LogP contribution is 2.35. The molecule has 0 spiro atoms. The van der Waals surface area contributed by atoms with Crippen LogP contribution in [0, 0.1) is 15.9 Å². The zero-order chi connectivity index (χ0) is 18.0. The molecule has 2 aromatic rings. The minimum atomic E-state index is -0.647. The number of hydrogen-bond acceptors (Lipinski definition) is 6. The molecule has 0 aromatic heterocycles. The Morgan fingerprint density at radius 3 is 2.80 bits per heavy atom. The van der Waals surface area contributed by atoms with Crippen LogP contribution in [-0.4, -0.2) is 29.9 Å². The van der Waals surface area contributed by atoms with Gasteiger partial charge < -0.3 is 15.0 Å². The highest BCUT2D eigenvalue weighted by atomic mass is 19.1. The average molecular weight is 345 g/mol. The number of ether oxygens (including phenoxy) is 1. The molecule has 3 rings (SSSR count). The van der Waals surface area contributed by atoms with Crippen molar-refractivity contribution in [3.8, 4) is 5.75 Å². The third kappa shape index (κ3) is 3.55. The van der Waals surface area contributed by atoms with Gasteiger partial charge in [-0.1, -0.05) is 12.1 Å². The summed E-state index contributed by atoms with van der Waals surface area (Å²) in [7, 11) is 0. The van der Waals surface area contributed by atoms with Crippen LogP contribution in [0.3, 0.4) is 0 Å². The molecule has 1 N–H and O–H groups in total. The van der Waals surface area contributed by atoms with Crippen LogP contribution in [-0.2, 0) is 9.59 Å². The van der Waals surface area contributed by atoms with Crippen molar-refractivity contribution in [2.24, 2.45) is 0 Å². The number of carbonyl (C=O) groups excluding carboxylic acids is 2. The van der Waals surface area contributed by atoms with E-state index in [-0.39, 0.29) is 30.2 Å². The predicted octanol–water partition coefficient (Wildman–Crippen LogP) is 2.10. The van der Waals surface area contributed by atoms with Crippen molar-refractivity contribution in [1.82, 2.24) is 0 Å². The average Bonchev–Trinajstić information content (AvgIpc) is 2.56. The predicted molar refractivity (Wildman–Crippen MR) is 86.0 cm³/mol. The number of para-hydroxylation sites is 1. The van der Waals surface area contributed by atoms with Crippen molar-refractivity contribution in [2.45, 2.75) is 0 Å². The number of hydrogen-bond donors (Lipinski definition) is 1. The van der Waals surface area contributed by atoms with Gasteiger partial charge in [0.25, 0.3) is 5.69 Å². The Kier molecular flexibility index (Phi) is 4.29. The molecule has 8 nitrogen and oxygen atoms in total. The third-order valence-electron chi connectivity index (χ3n) is 3.52. The number of esters is 1. The zero-order valence-electron chi connectivity index (χ0n) is 12.8. The summed E-state index contributed by atoms with van der Waals surface area (Å²) < 4.78 is 18.6. The number of fused-ring (bicyclic) bond motifs is 1. The molecule has 25 heavy (non-hydrogen) atoms. The fourth-order valence-electron chi connectivity index (χ4n) is 2.42. The molecule has 0 unspecified atom stereocenters. The van der Waals surface area contributed by atoms with Crippen LogP contribution in [0.1, 0.15) is 0 Å². The summed E-state index contributed by atoms with van der Waals surface area (Å²) in [6.45, 7) is -0.441. The van der Waals surface area contributed by atoms with E-state index < -0.39 is 22.6 Å². The van der Waals surface area contributed by atoms with Crippen molar-refractivity contribution in [1.29, 1.82) is 0 Å². The smallest absolute Gasteiger partial charge is 0.331 e. The molecule has 1 aliphatic rings. The van der Waals surface area contributed by atoms with Gasteiger partial charge in [0, 0.05) is 6.07 Å². The number of nitrogens with one attached hydrogen (secondary N) is 1. The molecular weight excluding hydrogens is 333 g/mol. The number of nitro benzene ring substituents is 1. The maximum Gasteiger partial charge on any atom is 0.331 e. The molecule has 2 aromatic carbocycles. The lowest BCUT2D eigenvalue weighted by atomic mass is 10.2. The Morgan fingerprint density at radius 1 is 1.32 bits per heavy atom. The Morgan fingerprint density at radius 2 is 2.08 bits per heavy atom. The van der Waals surface area contributed by atoms with Crippen LogP contribution in [0.25, 0.3) is 0 Å². The number of anilines is 2. The quantitative estimate of drug-likeness (QED) is 0.394. The monoisotopic (exact) mass is 345 g/mol. The SMILES string of the molecule is O=C(CN1CC(=O)Oc2cc([N+](=O)[O-])ccc21)Nc1ccccc1F. The van der Waals surface area contributed by atoms with E-state index in [1.165, 1.54) is 35.2 Å². The number of halogens is 1. The van der Waals surface area contributed by atoms with Crippen LogP contribution in [0.2, 0.25) is 0 Å². The first-order valence-corrected chi connectivity index (χ1v) is 7.22. The largest absolute Gasteiger partial charge is 0.423 e. The van der Waals surface area contributed by atoms with E-state index in [9.17, 15) is 24.1 Å². The second-order valence-corrected chi connectivity index (χ2v) is 5.27. The van der Waals surface area contributed by atoms with Gasteiger partial charge in [0.1, 0.15) is 12.4 Å². The molecule has 9 heteroatoms. The molecule has 128 valence electrons. The summed E-state index contributed by atoms with van der Waals surface area (Å²) in [4.78, 5) is 35.4. The Hall–Kier alpha value is -3.49. The van der Waals surface area contributed by atoms with E-state index in [0.717, 1.165) is 6.07 Å². The third-order valence-corrected chi connectivity index (χ3v) is 3.52. The van der Waals surface area contributed by atoms with Crippen LogP contribution in [0.4, 0.5) is 21.5 Å². The Bertz CT molecular complexity index is 871. The molecule has 1 heterocycles. The molecule has 1 amide bonds. The van der Waals surface area contributed by atoms with E-state index in [1.54, 1.807) is 6.07 Å². The second kappa shape index (κ2) is 6.56. The molecule has 0 radical (unpaired) electrons. The molecule has 0 bridgehead atoms. The maximum absolute atomic E-state index is 13.6. The Labute approximate surface area is 141 Å². The lowest BCUT2D eigenvalue weighted by Gasteiger charge is -2.28. The van der Waals surface area contributed by atoms with Crippen molar-refractivity contribution >= 4 is 28.9 Å². The number of nitrogens with zero attached hydrogens (tertiary/aromatic N) is 2. The van der Waals surface area contributed by atoms with E-state index in [0.29, 0.717) is 5.69 Å². The first-order chi connectivity index (χ1) is 11.9. The summed E-state index contributed by atoms with van der Waals surface area (Å²) in [6, 6.07) is 9.46. The van der Waals surface area contributed by atoms with Crippen molar-refractivity contribution < 1.29 is 23.6 Å². The summed E-state index contributed by atoms with van der Waals surface area (Å²) in [5.41, 5.74) is 0.161. The molecule has 0 saturated carbocycles. The van der Waals surface area contributed by atoms with Gasteiger partial charge in [0.2, 0.25) is 5.91 Å². The molecule has 0 fully saturated rings. The lowest BCUT2D eigenvalue weighted by molar-refractivity contribution is -0.384. The summed E-state index contributed by atoms with van der Waals surface area (Å²) in [6.07, 6.45) is 0. The highest BCUT2D eigenvalue weighted by Gasteiger charge is 2.27. The number of non-ortho nitro benzene ring substituents is 1. The first kappa shape index (κ1) is 16.4. The summed E-state index contributed by atoms with van der Waals surface area (Å²) in [5.74, 6) is -1.76. The highest BCUT2D eigenvalue weighted by molar-refractivity contribution is 5.96. The Balaban J connectivity index is 1.79. The number of benzene rings is 2. The standard InChI is InChI=1S/C16H12FN3O5/c17-11-3-1-2-4-12(11)18-15(21)8-19-9-16(22)25-14-7-10(20(23)24)5-6-13(14)19/h1-7H,8-9H2,(H,18,21). The molecule has 0 atom stereocenters. The fourth-order valence-corrected chi connectivity index (χ4v) is 2.42. The second-order valence-electron chi connectivity index (χ2n) is 5.27. The van der Waals surface area contributed by atoms with E-state index in [4.69, 9.17) is 4.74 Å². The summed E-state index contributed by atoms with van der Waals surface area (Å²) >= 11 is 0. The molecule has 1 aliphatic heterocycles. The van der Waals surface area contributed by atoms with Crippen LogP contribution in [0.5, 0.6) is 5.75 Å². The minimum absolute atomic E-state index is 0.00383. The molecule has 0 saturated heterocycles. The van der Waals surface area contributed by atoms with Gasteiger partial charge in [0.05, 0.1) is 28.9 Å². The minimum Gasteiger partial charge on any atom is -0.423 e. The lowest BCUT2D eigenvalue weighted by Crippen LogP contribution is -2.41. The topological polar surface area (TPSA) is 102 Å². The van der Waals surface area contributed by atoms with Crippen LogP contribution >= 0.6 is 0 Å². The normalized spacial score (nSPS) is 13.0. The van der Waals surface area contributed by atoms with Gasteiger partial charge >= 0.3 is 5.97 Å². The van der Waals surface area contributed by atoms with Gasteiger partial charge in [-0.15, -0.1) is 0 Å². The van der Waals surface area contributed by atoms with Gasteiger partial charge in [0.15, 0.2) is 5.75 Å². The molecular formula is C16H12FN3O5. The van der Waals surface area contributed by atoms with Gasteiger partial charge in [-0.05, 0) is 18.2 Å². The van der Waals surface area contributed by atoms with Crippen LogP contribution in [0.15, 0.2) is 42.5 Å². The maximum atomic E-state index is 13.6. The first-order valence-electron chi connectivity index (χ1n) is 7.22. The van der Waals surface area contributed by atoms with Gasteiger partial charge in [-0.3, -0.25) is 14.9 Å². The molecule has 0 aliphatic carbocycles. The van der Waals surface area contributed by atoms with Gasteiger partial charge in [-0.25, -0.2) is 9.18 Å². The number of rotatable bonds is 4. The fraction of sp³-hybridized carbons (Fsp3) is 0.125. The van der Waals surface area contributed by atoms with E-state index >= 15 is 0 Å². The van der Waals surface area contributed by atoms with E-state index in [1.807, 2.05) is 0 Å². The van der Waals surface area contributed by atoms with Gasteiger partial charge in [-0.2, -0.15) is 0 Å². The van der Waals surface area contributed by atoms with Crippen LogP contribution < -0.4 is 15.0 Å². The van der Waals surface area contributed by atoms with Crippen molar-refractivity contribution in [3.05, 3.63) is 58.4 Å². The van der Waals surface area contributed by atoms with E-state index in [2.05, 4.69) is 5.32 Å². The number of nitro groups is 1. The van der Waals surface area contributed by atoms with Crippen molar-refractivity contribution in [2.75, 3.05) is 23.3 Å².